The normalized spacial score (nSPS) is 25.0. The van der Waals surface area contributed by atoms with Crippen molar-refractivity contribution in [1.82, 2.24) is 25.2 Å². The summed E-state index contributed by atoms with van der Waals surface area (Å²) < 4.78 is 97.3. The van der Waals surface area contributed by atoms with Crippen LogP contribution in [0.2, 0.25) is 0 Å². The maximum absolute atomic E-state index is 14.0. The van der Waals surface area contributed by atoms with Gasteiger partial charge in [-0.25, -0.2) is 17.8 Å². The zero-order chi connectivity index (χ0) is 38.7. The Kier molecular flexibility index (Phi) is 10.3. The highest BCUT2D eigenvalue weighted by Crippen LogP contribution is 2.47. The number of ether oxygens (including phenoxy) is 3. The Morgan fingerprint density at radius 1 is 1.12 bits per heavy atom. The Bertz CT molecular complexity index is 1840. The van der Waals surface area contributed by atoms with Gasteiger partial charge in [0.15, 0.2) is 5.60 Å². The fourth-order valence-corrected chi connectivity index (χ4v) is 8.07. The van der Waals surface area contributed by atoms with Gasteiger partial charge in [-0.1, -0.05) is 6.92 Å². The van der Waals surface area contributed by atoms with E-state index < -0.39 is 86.3 Å². The van der Waals surface area contributed by atoms with Crippen LogP contribution < -0.4 is 24.8 Å². The average Bonchev–Trinajstić information content (AvgIpc) is 3.93. The quantitative estimate of drug-likeness (QED) is 0.192. The molecular formula is C34H45F4N5O8S. The van der Waals surface area contributed by atoms with E-state index in [0.29, 0.717) is 11.1 Å². The first-order chi connectivity index (χ1) is 24.0. The van der Waals surface area contributed by atoms with Crippen LogP contribution in [0.4, 0.5) is 17.6 Å². The van der Waals surface area contributed by atoms with Crippen molar-refractivity contribution in [3.63, 3.8) is 0 Å². The molecule has 3 N–H and O–H groups in total. The highest BCUT2D eigenvalue weighted by Gasteiger charge is 2.63. The predicted molar refractivity (Wildman–Crippen MR) is 180 cm³/mol. The molecule has 2 saturated carbocycles. The van der Waals surface area contributed by atoms with Crippen molar-refractivity contribution in [1.29, 1.82) is 0 Å². The zero-order valence-corrected chi connectivity index (χ0v) is 30.8. The van der Waals surface area contributed by atoms with Crippen molar-refractivity contribution in [2.45, 2.75) is 113 Å². The van der Waals surface area contributed by atoms with Crippen LogP contribution in [0, 0.1) is 5.92 Å². The van der Waals surface area contributed by atoms with E-state index in [1.165, 1.54) is 39.0 Å². The number of benzene rings is 1. The van der Waals surface area contributed by atoms with Crippen LogP contribution in [0.3, 0.4) is 0 Å². The van der Waals surface area contributed by atoms with Gasteiger partial charge in [-0.05, 0) is 89.5 Å². The van der Waals surface area contributed by atoms with Gasteiger partial charge in [0.25, 0.3) is 5.91 Å². The Morgan fingerprint density at radius 3 is 2.33 bits per heavy atom. The lowest BCUT2D eigenvalue weighted by Gasteiger charge is -2.39. The molecule has 2 aliphatic carbocycles. The van der Waals surface area contributed by atoms with Gasteiger partial charge in [0.1, 0.15) is 40.6 Å². The van der Waals surface area contributed by atoms with Crippen molar-refractivity contribution < 1.29 is 54.6 Å². The number of carbonyl (C=O) groups is 3. The molecule has 18 heteroatoms. The minimum absolute atomic E-state index is 0.0580. The summed E-state index contributed by atoms with van der Waals surface area (Å²) in [6.07, 6.45) is -3.86. The van der Waals surface area contributed by atoms with E-state index in [1.807, 2.05) is 4.72 Å². The number of halogens is 4. The largest absolute Gasteiger partial charge is 0.497 e. The van der Waals surface area contributed by atoms with Crippen LogP contribution in [0.5, 0.6) is 11.6 Å². The number of sulfonamides is 1. The molecule has 1 aromatic carbocycles. The van der Waals surface area contributed by atoms with Gasteiger partial charge in [-0.3, -0.25) is 24.4 Å². The van der Waals surface area contributed by atoms with Gasteiger partial charge in [0.05, 0.1) is 19.7 Å². The lowest BCUT2D eigenvalue weighted by Crippen LogP contribution is -2.60. The number of hydrogen-bond acceptors (Lipinski definition) is 10. The van der Waals surface area contributed by atoms with Gasteiger partial charge >= 0.3 is 6.18 Å². The maximum Gasteiger partial charge on any atom is 0.416 e. The summed E-state index contributed by atoms with van der Waals surface area (Å²) in [5.41, 5.74) is -5.86. The first kappa shape index (κ1) is 39.4. The average molecular weight is 760 g/mol. The molecule has 0 spiro atoms. The van der Waals surface area contributed by atoms with Crippen molar-refractivity contribution in [2.75, 3.05) is 20.3 Å². The van der Waals surface area contributed by atoms with Gasteiger partial charge in [0.2, 0.25) is 27.7 Å². The minimum Gasteiger partial charge on any atom is -0.497 e. The Balaban J connectivity index is 1.39. The van der Waals surface area contributed by atoms with Gasteiger partial charge in [-0.15, -0.1) is 0 Å². The SMILES string of the molecule is COc1ccc2c(O[C@@H]3C[C@@H](C(=O)N[C@]4(C(=O)NS(=O)(=O)C5(CF)CC5)C[C@H]4C)N(C(=O)[C@H](C)NC(C)(C)OC(C)(C)C(F)(F)F)C3)nccc2c1. The van der Waals surface area contributed by atoms with E-state index >= 15 is 0 Å². The van der Waals surface area contributed by atoms with Crippen molar-refractivity contribution in [3.8, 4) is 11.6 Å². The Hall–Kier alpha value is -3.77. The lowest BCUT2D eigenvalue weighted by atomic mass is 10.1. The summed E-state index contributed by atoms with van der Waals surface area (Å²) in [4.78, 5) is 47.0. The third-order valence-electron chi connectivity index (χ3n) is 10.1. The standard InChI is InChI=1S/C34H45F4N5O8S/c1-19-16-33(19,29(46)42-52(47,48)32(18-35)11-12-32)41-26(44)25-15-23(50-27-24-9-8-22(49-7)14-21(24)10-13-39-27)17-43(25)28(45)20(2)40-31(5,6)51-30(3,4)34(36,37)38/h8-10,13-14,19-20,23,25,40H,11-12,15-18H2,1-7H3,(H,41,44)(H,42,46)/t19-,20+,23-,25+,33-/m1/s1. The second kappa shape index (κ2) is 13.6. The molecule has 0 bridgehead atoms. The summed E-state index contributed by atoms with van der Waals surface area (Å²) in [7, 11) is -2.85. The summed E-state index contributed by atoms with van der Waals surface area (Å²) in [6, 6.07) is 4.57. The summed E-state index contributed by atoms with van der Waals surface area (Å²) in [5, 5.41) is 6.82. The summed E-state index contributed by atoms with van der Waals surface area (Å²) in [6.45, 7) is 6.15. The van der Waals surface area contributed by atoms with Gasteiger partial charge in [-0.2, -0.15) is 13.2 Å². The van der Waals surface area contributed by atoms with Crippen LogP contribution in [-0.2, 0) is 29.1 Å². The van der Waals surface area contributed by atoms with Crippen LogP contribution in [-0.4, -0.2) is 102 Å². The van der Waals surface area contributed by atoms with Crippen molar-refractivity contribution in [3.05, 3.63) is 30.5 Å². The molecule has 2 aromatic rings. The van der Waals surface area contributed by atoms with E-state index in [4.69, 9.17) is 14.2 Å². The summed E-state index contributed by atoms with van der Waals surface area (Å²) >= 11 is 0. The third-order valence-corrected chi connectivity index (χ3v) is 12.2. The fraction of sp³-hybridized carbons (Fsp3) is 0.647. The van der Waals surface area contributed by atoms with Crippen LogP contribution >= 0.6 is 0 Å². The van der Waals surface area contributed by atoms with E-state index in [9.17, 15) is 40.4 Å². The number of fused-ring (bicyclic) bond motifs is 1. The molecule has 5 rings (SSSR count). The van der Waals surface area contributed by atoms with E-state index in [-0.39, 0.29) is 38.1 Å². The van der Waals surface area contributed by atoms with Gasteiger partial charge in [0, 0.05) is 18.0 Å². The highest BCUT2D eigenvalue weighted by molar-refractivity contribution is 7.91. The first-order valence-corrected chi connectivity index (χ1v) is 18.4. The number of methoxy groups -OCH3 is 1. The smallest absolute Gasteiger partial charge is 0.416 e. The van der Waals surface area contributed by atoms with Gasteiger partial charge < -0.3 is 24.4 Å². The topological polar surface area (TPSA) is 165 Å². The molecular weight excluding hydrogens is 714 g/mol. The van der Waals surface area contributed by atoms with Crippen LogP contribution in [0.15, 0.2) is 30.5 Å². The van der Waals surface area contributed by atoms with E-state index in [0.717, 1.165) is 19.2 Å². The molecule has 2 heterocycles. The van der Waals surface area contributed by atoms with Crippen molar-refractivity contribution >= 4 is 38.5 Å². The number of pyridine rings is 1. The lowest BCUT2D eigenvalue weighted by molar-refractivity contribution is -0.297. The number of nitrogens with one attached hydrogen (secondary N) is 3. The second-order valence-electron chi connectivity index (χ2n) is 15.0. The molecule has 13 nitrogen and oxygen atoms in total. The fourth-order valence-electron chi connectivity index (χ4n) is 6.65. The molecule has 1 aromatic heterocycles. The highest BCUT2D eigenvalue weighted by atomic mass is 32.2. The molecule has 5 atom stereocenters. The molecule has 3 aliphatic rings. The molecule has 3 fully saturated rings. The number of likely N-dealkylation sites (tertiary alicyclic amines) is 1. The second-order valence-corrected chi connectivity index (χ2v) is 17.1. The molecule has 0 unspecified atom stereocenters. The number of aromatic nitrogens is 1. The predicted octanol–water partition coefficient (Wildman–Crippen LogP) is 3.51. The van der Waals surface area contributed by atoms with Crippen LogP contribution in [0.25, 0.3) is 10.8 Å². The number of amides is 3. The molecule has 1 saturated heterocycles. The van der Waals surface area contributed by atoms with Crippen molar-refractivity contribution in [2.24, 2.45) is 5.92 Å². The number of nitrogens with zero attached hydrogens (tertiary/aromatic N) is 2. The molecule has 0 radical (unpaired) electrons. The van der Waals surface area contributed by atoms with E-state index in [1.54, 1.807) is 31.2 Å². The molecule has 3 amide bonds. The molecule has 1 aliphatic heterocycles. The third kappa shape index (κ3) is 7.64. The molecule has 52 heavy (non-hydrogen) atoms. The number of carbonyl (C=O) groups excluding carboxylic acids is 3. The zero-order valence-electron chi connectivity index (χ0n) is 30.0. The van der Waals surface area contributed by atoms with Crippen LogP contribution in [0.1, 0.15) is 67.2 Å². The number of hydrogen-bond donors (Lipinski definition) is 3. The number of alkyl halides is 4. The summed E-state index contributed by atoms with van der Waals surface area (Å²) in [5.74, 6) is -2.13. The van der Waals surface area contributed by atoms with E-state index in [2.05, 4.69) is 15.6 Å². The minimum atomic E-state index is -4.71. The Labute approximate surface area is 299 Å². The first-order valence-electron chi connectivity index (χ1n) is 16.9. The Morgan fingerprint density at radius 2 is 1.77 bits per heavy atom. The maximum atomic E-state index is 14.0. The number of rotatable bonds is 14. The monoisotopic (exact) mass is 759 g/mol. The molecule has 288 valence electrons.